The van der Waals surface area contributed by atoms with E-state index in [1.54, 1.807) is 0 Å². The minimum Gasteiger partial charge on any atom is -0.400 e. The molecule has 11 heavy (non-hydrogen) atoms. The van der Waals surface area contributed by atoms with E-state index in [2.05, 4.69) is 0 Å². The Kier molecular flexibility index (Phi) is 1.31. The maximum absolute atomic E-state index is 11.3. The Hall–Kier alpha value is -0.500. The van der Waals surface area contributed by atoms with E-state index in [9.17, 15) is 4.79 Å². The SMILES string of the molecule is NC1=C(Cl)C(=O)C12CCCC2. The van der Waals surface area contributed by atoms with Gasteiger partial charge in [0.1, 0.15) is 5.03 Å². The van der Waals surface area contributed by atoms with Crippen molar-refractivity contribution in [3.8, 4) is 0 Å². The molecule has 0 radical (unpaired) electrons. The molecule has 0 unspecified atom stereocenters. The van der Waals surface area contributed by atoms with Crippen molar-refractivity contribution in [2.24, 2.45) is 11.1 Å². The Morgan fingerprint density at radius 3 is 2.36 bits per heavy atom. The summed E-state index contributed by atoms with van der Waals surface area (Å²) in [5.74, 6) is 0.0779. The third kappa shape index (κ3) is 0.658. The first-order valence-electron chi connectivity index (χ1n) is 3.89. The van der Waals surface area contributed by atoms with Crippen LogP contribution in [0.5, 0.6) is 0 Å². The topological polar surface area (TPSA) is 43.1 Å². The molecule has 0 bridgehead atoms. The number of carbonyl (C=O) groups is 1. The summed E-state index contributed by atoms with van der Waals surface area (Å²) in [7, 11) is 0. The standard InChI is InChI=1S/C8H10ClNO/c9-5-6(10)8(7(5)11)3-1-2-4-8/h1-4,10H2. The van der Waals surface area contributed by atoms with Gasteiger partial charge < -0.3 is 5.73 Å². The van der Waals surface area contributed by atoms with Crippen LogP contribution >= 0.6 is 11.6 Å². The second kappa shape index (κ2) is 2.01. The van der Waals surface area contributed by atoms with Gasteiger partial charge in [0.05, 0.1) is 5.41 Å². The number of Topliss-reactive ketones (excluding diaryl/α,β-unsaturated/α-hetero) is 1. The van der Waals surface area contributed by atoms with Crippen molar-refractivity contribution in [3.63, 3.8) is 0 Å². The molecule has 2 rings (SSSR count). The maximum atomic E-state index is 11.3. The minimum absolute atomic E-state index is 0.0779. The van der Waals surface area contributed by atoms with Crippen molar-refractivity contribution in [1.29, 1.82) is 0 Å². The van der Waals surface area contributed by atoms with E-state index in [1.807, 2.05) is 0 Å². The first-order chi connectivity index (χ1) is 5.18. The van der Waals surface area contributed by atoms with Gasteiger partial charge in [-0.3, -0.25) is 4.79 Å². The van der Waals surface area contributed by atoms with Crippen LogP contribution in [0.25, 0.3) is 0 Å². The molecule has 1 fully saturated rings. The number of nitrogens with two attached hydrogens (primary N) is 1. The fourth-order valence-electron chi connectivity index (χ4n) is 2.08. The molecule has 2 nitrogen and oxygen atoms in total. The quantitative estimate of drug-likeness (QED) is 0.601. The van der Waals surface area contributed by atoms with Gasteiger partial charge in [-0.25, -0.2) is 0 Å². The fraction of sp³-hybridized carbons (Fsp3) is 0.625. The number of allylic oxidation sites excluding steroid dienone is 2. The minimum atomic E-state index is -0.308. The molecule has 0 amide bonds. The predicted molar refractivity (Wildman–Crippen MR) is 43.0 cm³/mol. The highest BCUT2D eigenvalue weighted by molar-refractivity contribution is 6.47. The van der Waals surface area contributed by atoms with Gasteiger partial charge in [0.15, 0.2) is 5.78 Å². The highest BCUT2D eigenvalue weighted by Gasteiger charge is 2.53. The molecule has 0 saturated heterocycles. The second-order valence-corrected chi connectivity index (χ2v) is 3.72. The average Bonchev–Trinajstić information content (AvgIpc) is 2.51. The van der Waals surface area contributed by atoms with Crippen LogP contribution < -0.4 is 5.73 Å². The molecular formula is C8H10ClNO. The van der Waals surface area contributed by atoms with Crippen LogP contribution in [0.3, 0.4) is 0 Å². The number of halogens is 1. The molecule has 2 aliphatic carbocycles. The smallest absolute Gasteiger partial charge is 0.188 e. The van der Waals surface area contributed by atoms with Crippen molar-refractivity contribution in [3.05, 3.63) is 10.7 Å². The Balaban J connectivity index is 2.38. The lowest BCUT2D eigenvalue weighted by atomic mass is 9.70. The van der Waals surface area contributed by atoms with Crippen LogP contribution in [-0.2, 0) is 4.79 Å². The van der Waals surface area contributed by atoms with Crippen molar-refractivity contribution in [1.82, 2.24) is 0 Å². The van der Waals surface area contributed by atoms with E-state index in [0.717, 1.165) is 25.7 Å². The van der Waals surface area contributed by atoms with E-state index in [1.165, 1.54) is 0 Å². The van der Waals surface area contributed by atoms with Gasteiger partial charge in [-0.1, -0.05) is 24.4 Å². The number of hydrogen-bond donors (Lipinski definition) is 1. The summed E-state index contributed by atoms with van der Waals surface area (Å²) in [4.78, 5) is 11.3. The van der Waals surface area contributed by atoms with Gasteiger partial charge >= 0.3 is 0 Å². The van der Waals surface area contributed by atoms with Crippen LogP contribution in [0.15, 0.2) is 10.7 Å². The van der Waals surface area contributed by atoms with Crippen LogP contribution in [0, 0.1) is 5.41 Å². The van der Waals surface area contributed by atoms with E-state index in [-0.39, 0.29) is 16.2 Å². The zero-order chi connectivity index (χ0) is 8.06. The molecule has 0 aromatic heterocycles. The molecule has 0 heterocycles. The third-order valence-corrected chi connectivity index (χ3v) is 3.22. The summed E-state index contributed by atoms with van der Waals surface area (Å²) in [6, 6.07) is 0. The number of hydrogen-bond acceptors (Lipinski definition) is 2. The summed E-state index contributed by atoms with van der Waals surface area (Å²) in [5.41, 5.74) is 6.01. The normalized spacial score (nSPS) is 27.9. The van der Waals surface area contributed by atoms with Crippen molar-refractivity contribution in [2.75, 3.05) is 0 Å². The highest BCUT2D eigenvalue weighted by Crippen LogP contribution is 2.52. The van der Waals surface area contributed by atoms with Crippen molar-refractivity contribution in [2.45, 2.75) is 25.7 Å². The molecule has 3 heteroatoms. The molecule has 0 aromatic carbocycles. The van der Waals surface area contributed by atoms with Gasteiger partial charge in [-0.2, -0.15) is 0 Å². The molecule has 1 spiro atoms. The van der Waals surface area contributed by atoms with E-state index < -0.39 is 0 Å². The first-order valence-corrected chi connectivity index (χ1v) is 4.27. The van der Waals surface area contributed by atoms with Crippen molar-refractivity contribution >= 4 is 17.4 Å². The largest absolute Gasteiger partial charge is 0.400 e. The van der Waals surface area contributed by atoms with Crippen molar-refractivity contribution < 1.29 is 4.79 Å². The Morgan fingerprint density at radius 2 is 1.91 bits per heavy atom. The molecule has 2 aliphatic rings. The highest BCUT2D eigenvalue weighted by atomic mass is 35.5. The van der Waals surface area contributed by atoms with Gasteiger partial charge in [0.2, 0.25) is 0 Å². The number of rotatable bonds is 0. The molecule has 2 N–H and O–H groups in total. The summed E-state index contributed by atoms with van der Waals surface area (Å²) in [5, 5.41) is 0.284. The monoisotopic (exact) mass is 171 g/mol. The summed E-state index contributed by atoms with van der Waals surface area (Å²) in [6.07, 6.45) is 4.04. The fourth-order valence-corrected chi connectivity index (χ4v) is 2.44. The third-order valence-electron chi connectivity index (χ3n) is 2.84. The number of ketones is 1. The summed E-state index contributed by atoms with van der Waals surface area (Å²) in [6.45, 7) is 0. The lowest BCUT2D eigenvalue weighted by Crippen LogP contribution is -2.44. The molecule has 60 valence electrons. The lowest BCUT2D eigenvalue weighted by molar-refractivity contribution is -0.125. The van der Waals surface area contributed by atoms with E-state index >= 15 is 0 Å². The summed E-state index contributed by atoms with van der Waals surface area (Å²) < 4.78 is 0. The van der Waals surface area contributed by atoms with Crippen LogP contribution in [-0.4, -0.2) is 5.78 Å². The number of carbonyl (C=O) groups excluding carboxylic acids is 1. The molecule has 1 saturated carbocycles. The second-order valence-electron chi connectivity index (χ2n) is 3.35. The van der Waals surface area contributed by atoms with Gasteiger partial charge in [-0.05, 0) is 12.8 Å². The van der Waals surface area contributed by atoms with Crippen LogP contribution in [0.1, 0.15) is 25.7 Å². The average molecular weight is 172 g/mol. The predicted octanol–water partition coefficient (Wildman–Crippen LogP) is 1.54. The van der Waals surface area contributed by atoms with E-state index in [4.69, 9.17) is 17.3 Å². The zero-order valence-electron chi connectivity index (χ0n) is 6.19. The molecule has 0 aromatic rings. The Morgan fingerprint density at radius 1 is 1.36 bits per heavy atom. The van der Waals surface area contributed by atoms with Gasteiger partial charge in [0, 0.05) is 5.70 Å². The Labute approximate surface area is 70.4 Å². The maximum Gasteiger partial charge on any atom is 0.188 e. The lowest BCUT2D eigenvalue weighted by Gasteiger charge is -2.36. The van der Waals surface area contributed by atoms with Crippen LogP contribution in [0.4, 0.5) is 0 Å². The first kappa shape index (κ1) is 7.17. The van der Waals surface area contributed by atoms with Crippen LogP contribution in [0.2, 0.25) is 0 Å². The Bertz CT molecular complexity index is 251. The molecule has 0 aliphatic heterocycles. The van der Waals surface area contributed by atoms with Gasteiger partial charge in [-0.15, -0.1) is 0 Å². The molecule has 0 atom stereocenters. The van der Waals surface area contributed by atoms with E-state index in [0.29, 0.717) is 5.70 Å². The summed E-state index contributed by atoms with van der Waals surface area (Å²) >= 11 is 5.62. The molecular weight excluding hydrogens is 162 g/mol. The zero-order valence-corrected chi connectivity index (χ0v) is 6.95. The van der Waals surface area contributed by atoms with Gasteiger partial charge in [0.25, 0.3) is 0 Å².